The molecule has 1 aromatic carbocycles. The molecule has 1 N–H and O–H groups in total. The Morgan fingerprint density at radius 3 is 2.68 bits per heavy atom. The fourth-order valence-electron chi connectivity index (χ4n) is 3.78. The van der Waals surface area contributed by atoms with E-state index < -0.39 is 0 Å². The first kappa shape index (κ1) is 16.2. The Labute approximate surface area is 137 Å². The molecule has 1 unspecified atom stereocenters. The van der Waals surface area contributed by atoms with Crippen molar-refractivity contribution in [3.63, 3.8) is 0 Å². The summed E-state index contributed by atoms with van der Waals surface area (Å²) in [7, 11) is 0. The molecule has 1 aromatic rings. The smallest absolute Gasteiger partial charge is 0.124 e. The van der Waals surface area contributed by atoms with E-state index in [1.165, 1.54) is 44.2 Å². The molecule has 0 aromatic heterocycles. The van der Waals surface area contributed by atoms with Crippen LogP contribution >= 0.6 is 11.6 Å². The molecule has 1 aliphatic heterocycles. The van der Waals surface area contributed by atoms with E-state index in [4.69, 9.17) is 16.3 Å². The molecular formula is C18H25ClFNO. The van der Waals surface area contributed by atoms with Gasteiger partial charge < -0.3 is 10.1 Å². The second-order valence-corrected chi connectivity index (χ2v) is 7.09. The molecule has 4 heteroatoms. The van der Waals surface area contributed by atoms with Gasteiger partial charge in [-0.05, 0) is 74.6 Å². The first-order valence-corrected chi connectivity index (χ1v) is 8.86. The average Bonchev–Trinajstić information content (AvgIpc) is 3.02. The van der Waals surface area contributed by atoms with Crippen molar-refractivity contribution in [3.8, 4) is 0 Å². The average molecular weight is 326 g/mol. The molecule has 0 amide bonds. The number of ether oxygens (including phenoxy) is 1. The van der Waals surface area contributed by atoms with Crippen LogP contribution in [0.15, 0.2) is 18.2 Å². The number of hydrogen-bond donors (Lipinski definition) is 1. The molecule has 2 aliphatic rings. The summed E-state index contributed by atoms with van der Waals surface area (Å²) in [5.74, 6) is 1.07. The van der Waals surface area contributed by atoms with Gasteiger partial charge in [-0.1, -0.05) is 17.7 Å². The number of benzene rings is 1. The van der Waals surface area contributed by atoms with Crippen molar-refractivity contribution >= 4 is 11.6 Å². The summed E-state index contributed by atoms with van der Waals surface area (Å²) >= 11 is 6.19. The van der Waals surface area contributed by atoms with Crippen LogP contribution in [0.4, 0.5) is 4.39 Å². The van der Waals surface area contributed by atoms with E-state index in [1.54, 1.807) is 0 Å². The van der Waals surface area contributed by atoms with Gasteiger partial charge in [-0.25, -0.2) is 4.39 Å². The van der Waals surface area contributed by atoms with Crippen LogP contribution < -0.4 is 5.32 Å². The maximum Gasteiger partial charge on any atom is 0.124 e. The molecule has 1 heterocycles. The molecule has 1 aliphatic carbocycles. The maximum absolute atomic E-state index is 13.1. The molecule has 0 bridgehead atoms. The van der Waals surface area contributed by atoms with E-state index in [0.717, 1.165) is 37.7 Å². The first-order chi connectivity index (χ1) is 10.7. The second-order valence-electron chi connectivity index (χ2n) is 6.69. The van der Waals surface area contributed by atoms with Crippen molar-refractivity contribution in [2.24, 2.45) is 5.92 Å². The van der Waals surface area contributed by atoms with E-state index in [9.17, 15) is 4.39 Å². The Balaban J connectivity index is 1.42. The van der Waals surface area contributed by atoms with Crippen LogP contribution in [0.1, 0.15) is 50.0 Å². The summed E-state index contributed by atoms with van der Waals surface area (Å²) in [6.45, 7) is 2.87. The third kappa shape index (κ3) is 4.21. The Morgan fingerprint density at radius 1 is 1.18 bits per heavy atom. The zero-order chi connectivity index (χ0) is 15.4. The molecule has 22 heavy (non-hydrogen) atoms. The lowest BCUT2D eigenvalue weighted by Crippen LogP contribution is -2.31. The minimum atomic E-state index is -0.246. The van der Waals surface area contributed by atoms with Crippen LogP contribution in [0.25, 0.3) is 0 Å². The second kappa shape index (κ2) is 7.76. The Bertz CT molecular complexity index is 482. The van der Waals surface area contributed by atoms with Gasteiger partial charge in [0.15, 0.2) is 0 Å². The van der Waals surface area contributed by atoms with Crippen molar-refractivity contribution in [2.75, 3.05) is 19.8 Å². The van der Waals surface area contributed by atoms with Crippen LogP contribution in [-0.4, -0.2) is 25.8 Å². The lowest BCUT2D eigenvalue weighted by atomic mass is 9.77. The van der Waals surface area contributed by atoms with E-state index in [0.29, 0.717) is 17.0 Å². The number of hydrogen-bond acceptors (Lipinski definition) is 2. The highest BCUT2D eigenvalue weighted by molar-refractivity contribution is 6.31. The van der Waals surface area contributed by atoms with Crippen molar-refractivity contribution in [1.82, 2.24) is 5.32 Å². The van der Waals surface area contributed by atoms with Crippen LogP contribution in [0.2, 0.25) is 5.02 Å². The van der Waals surface area contributed by atoms with Crippen molar-refractivity contribution < 1.29 is 9.13 Å². The van der Waals surface area contributed by atoms with Gasteiger partial charge in [0.1, 0.15) is 5.82 Å². The highest BCUT2D eigenvalue weighted by atomic mass is 35.5. The summed E-state index contributed by atoms with van der Waals surface area (Å²) in [4.78, 5) is 0. The Hall–Kier alpha value is -0.640. The maximum atomic E-state index is 13.1. The minimum Gasteiger partial charge on any atom is -0.380 e. The van der Waals surface area contributed by atoms with Crippen molar-refractivity contribution in [2.45, 2.75) is 50.5 Å². The summed E-state index contributed by atoms with van der Waals surface area (Å²) in [5.41, 5.74) is 1.13. The summed E-state index contributed by atoms with van der Waals surface area (Å²) in [6, 6.07) is 5.40. The molecule has 0 spiro atoms. The van der Waals surface area contributed by atoms with E-state index in [-0.39, 0.29) is 5.82 Å². The number of halogens is 2. The first-order valence-electron chi connectivity index (χ1n) is 8.48. The quantitative estimate of drug-likeness (QED) is 0.859. The van der Waals surface area contributed by atoms with Gasteiger partial charge in [-0.2, -0.15) is 0 Å². The van der Waals surface area contributed by atoms with Crippen LogP contribution in [0.3, 0.4) is 0 Å². The predicted molar refractivity (Wildman–Crippen MR) is 88.0 cm³/mol. The van der Waals surface area contributed by atoms with Gasteiger partial charge >= 0.3 is 0 Å². The summed E-state index contributed by atoms with van der Waals surface area (Å²) < 4.78 is 18.5. The molecule has 0 radical (unpaired) electrons. The molecule has 2 fully saturated rings. The number of rotatable bonds is 5. The third-order valence-corrected chi connectivity index (χ3v) is 5.49. The summed E-state index contributed by atoms with van der Waals surface area (Å²) in [5, 5.41) is 4.19. The molecule has 1 atom stereocenters. The van der Waals surface area contributed by atoms with Gasteiger partial charge in [-0.15, -0.1) is 0 Å². The largest absolute Gasteiger partial charge is 0.380 e. The molecule has 3 rings (SSSR count). The lowest BCUT2D eigenvalue weighted by Gasteiger charge is -2.29. The highest BCUT2D eigenvalue weighted by Crippen LogP contribution is 2.39. The monoisotopic (exact) mass is 325 g/mol. The van der Waals surface area contributed by atoms with Crippen LogP contribution in [0.5, 0.6) is 0 Å². The standard InChI is InChI=1S/C18H25ClFNO/c19-18-11-15(20)5-6-17(18)14-3-1-13(2-4-14)7-9-21-16-8-10-22-12-16/h5-6,11,13-14,16,21H,1-4,7-10,12H2/t13-,14+,16?. The van der Waals surface area contributed by atoms with Gasteiger partial charge in [-0.3, -0.25) is 0 Å². The van der Waals surface area contributed by atoms with E-state index in [1.807, 2.05) is 6.07 Å². The van der Waals surface area contributed by atoms with E-state index >= 15 is 0 Å². The fourth-order valence-corrected chi connectivity index (χ4v) is 4.10. The van der Waals surface area contributed by atoms with Gasteiger partial charge in [0.2, 0.25) is 0 Å². The topological polar surface area (TPSA) is 21.3 Å². The summed E-state index contributed by atoms with van der Waals surface area (Å²) in [6.07, 6.45) is 7.24. The van der Waals surface area contributed by atoms with Crippen molar-refractivity contribution in [1.29, 1.82) is 0 Å². The SMILES string of the molecule is Fc1ccc([C@H]2CC[C@@H](CCNC3CCOC3)CC2)c(Cl)c1. The molecule has 2 nitrogen and oxygen atoms in total. The molecule has 1 saturated heterocycles. The van der Waals surface area contributed by atoms with Crippen molar-refractivity contribution in [3.05, 3.63) is 34.6 Å². The zero-order valence-corrected chi connectivity index (χ0v) is 13.7. The van der Waals surface area contributed by atoms with Gasteiger partial charge in [0.05, 0.1) is 6.61 Å². The Morgan fingerprint density at radius 2 is 2.00 bits per heavy atom. The van der Waals surface area contributed by atoms with Crippen LogP contribution in [0, 0.1) is 11.7 Å². The normalized spacial score (nSPS) is 28.9. The lowest BCUT2D eigenvalue weighted by molar-refractivity contribution is 0.189. The number of nitrogens with one attached hydrogen (secondary N) is 1. The highest BCUT2D eigenvalue weighted by Gasteiger charge is 2.24. The zero-order valence-electron chi connectivity index (χ0n) is 13.0. The van der Waals surface area contributed by atoms with E-state index in [2.05, 4.69) is 5.32 Å². The molecule has 1 saturated carbocycles. The van der Waals surface area contributed by atoms with Gasteiger partial charge in [0.25, 0.3) is 0 Å². The predicted octanol–water partition coefficient (Wildman–Crippen LogP) is 4.52. The minimum absolute atomic E-state index is 0.246. The van der Waals surface area contributed by atoms with Crippen LogP contribution in [-0.2, 0) is 4.74 Å². The van der Waals surface area contributed by atoms with Gasteiger partial charge in [0, 0.05) is 17.7 Å². The molecular weight excluding hydrogens is 301 g/mol. The third-order valence-electron chi connectivity index (χ3n) is 5.16. The fraction of sp³-hybridized carbons (Fsp3) is 0.667. The molecule has 122 valence electrons. The Kier molecular flexibility index (Phi) is 5.72.